The third-order valence-electron chi connectivity index (χ3n) is 6.57. The highest BCUT2D eigenvalue weighted by Crippen LogP contribution is 2.50. The molecule has 0 bridgehead atoms. The van der Waals surface area contributed by atoms with Crippen LogP contribution in [0.1, 0.15) is 53.7 Å². The normalized spacial score (nSPS) is 22.7. The van der Waals surface area contributed by atoms with Crippen molar-refractivity contribution in [3.63, 3.8) is 0 Å². The zero-order chi connectivity index (χ0) is 19.8. The van der Waals surface area contributed by atoms with Gasteiger partial charge < -0.3 is 9.47 Å². The average molecular weight is 386 g/mol. The Hall–Kier alpha value is -2.88. The van der Waals surface area contributed by atoms with Gasteiger partial charge in [-0.05, 0) is 48.3 Å². The zero-order valence-corrected chi connectivity index (χ0v) is 16.9. The highest BCUT2D eigenvalue weighted by atomic mass is 16.2. The second-order valence-corrected chi connectivity index (χ2v) is 8.39. The third kappa shape index (κ3) is 3.48. The number of imidazole rings is 1. The largest absolute Gasteiger partial charge is 0.337 e. The van der Waals surface area contributed by atoms with Crippen molar-refractivity contribution >= 4 is 5.91 Å². The molecule has 2 aliphatic rings. The minimum absolute atomic E-state index is 0.0896. The molecule has 0 aliphatic heterocycles. The summed E-state index contributed by atoms with van der Waals surface area (Å²) < 4.78 is 2.02. The van der Waals surface area contributed by atoms with E-state index >= 15 is 0 Å². The minimum atomic E-state index is 0.0896. The fraction of sp³-hybridized carbons (Fsp3) is 0.360. The standard InChI is InChI=1S/C25H27N3O/c1-27-15-14-26-24(27)17-28(23-13-7-11-18-10-5-6-12-20(18)23)25(29)22-16-21(22)19-8-3-2-4-9-19/h2-6,8-10,12,14-15,21-23H,7,11,13,16-17H2,1H3/t21-,22-,23-/m0/s1. The van der Waals surface area contributed by atoms with Crippen LogP contribution in [0.25, 0.3) is 0 Å². The molecule has 4 heteroatoms. The van der Waals surface area contributed by atoms with Crippen molar-refractivity contribution in [1.29, 1.82) is 0 Å². The van der Waals surface area contributed by atoms with Crippen molar-refractivity contribution in [1.82, 2.24) is 14.5 Å². The molecule has 0 radical (unpaired) electrons. The second kappa shape index (κ2) is 7.51. The highest BCUT2D eigenvalue weighted by Gasteiger charge is 2.47. The first kappa shape index (κ1) is 18.2. The SMILES string of the molecule is Cn1ccnc1CN(C(=O)[C@H]1C[C@H]1c1ccccc1)[C@H]1CCCc2ccccc21. The fourth-order valence-corrected chi connectivity index (χ4v) is 4.84. The number of benzene rings is 2. The lowest BCUT2D eigenvalue weighted by atomic mass is 9.86. The lowest BCUT2D eigenvalue weighted by Gasteiger charge is -2.36. The van der Waals surface area contributed by atoms with Crippen molar-refractivity contribution in [2.24, 2.45) is 13.0 Å². The average Bonchev–Trinajstić information content (AvgIpc) is 3.47. The molecule has 29 heavy (non-hydrogen) atoms. The van der Waals surface area contributed by atoms with Gasteiger partial charge in [0, 0.05) is 25.4 Å². The predicted molar refractivity (Wildman–Crippen MR) is 113 cm³/mol. The van der Waals surface area contributed by atoms with Gasteiger partial charge in [0.05, 0.1) is 12.6 Å². The quantitative estimate of drug-likeness (QED) is 0.642. The van der Waals surface area contributed by atoms with E-state index in [9.17, 15) is 4.79 Å². The number of amides is 1. The van der Waals surface area contributed by atoms with Gasteiger partial charge in [-0.15, -0.1) is 0 Å². The topological polar surface area (TPSA) is 38.1 Å². The molecule has 1 heterocycles. The summed E-state index contributed by atoms with van der Waals surface area (Å²) in [6, 6.07) is 19.2. The van der Waals surface area contributed by atoms with Crippen LogP contribution in [-0.2, 0) is 24.8 Å². The van der Waals surface area contributed by atoms with E-state index in [1.165, 1.54) is 16.7 Å². The first-order chi connectivity index (χ1) is 14.2. The maximum Gasteiger partial charge on any atom is 0.227 e. The van der Waals surface area contributed by atoms with Crippen LogP contribution in [0, 0.1) is 5.92 Å². The lowest BCUT2D eigenvalue weighted by Crippen LogP contribution is -2.38. The molecule has 3 atom stereocenters. The van der Waals surface area contributed by atoms with Gasteiger partial charge in [-0.1, -0.05) is 54.6 Å². The smallest absolute Gasteiger partial charge is 0.227 e. The van der Waals surface area contributed by atoms with Crippen LogP contribution in [0.5, 0.6) is 0 Å². The Labute approximate surface area is 172 Å². The summed E-state index contributed by atoms with van der Waals surface area (Å²) >= 11 is 0. The Morgan fingerprint density at radius 3 is 2.72 bits per heavy atom. The Kier molecular flexibility index (Phi) is 4.70. The third-order valence-corrected chi connectivity index (χ3v) is 6.57. The van der Waals surface area contributed by atoms with Crippen molar-refractivity contribution in [3.8, 4) is 0 Å². The Balaban J connectivity index is 1.45. The summed E-state index contributed by atoms with van der Waals surface area (Å²) in [4.78, 5) is 20.4. The monoisotopic (exact) mass is 385 g/mol. The molecule has 0 saturated heterocycles. The van der Waals surface area contributed by atoms with E-state index in [1.54, 1.807) is 0 Å². The molecule has 4 nitrogen and oxygen atoms in total. The lowest BCUT2D eigenvalue weighted by molar-refractivity contribution is -0.136. The van der Waals surface area contributed by atoms with Gasteiger partial charge in [0.25, 0.3) is 0 Å². The van der Waals surface area contributed by atoms with Gasteiger partial charge in [0.2, 0.25) is 5.91 Å². The van der Waals surface area contributed by atoms with E-state index in [2.05, 4.69) is 58.4 Å². The molecule has 1 aromatic heterocycles. The molecule has 1 amide bonds. The van der Waals surface area contributed by atoms with Crippen LogP contribution in [0.2, 0.25) is 0 Å². The fourth-order valence-electron chi connectivity index (χ4n) is 4.84. The number of carbonyl (C=O) groups excluding carboxylic acids is 1. The first-order valence-electron chi connectivity index (χ1n) is 10.6. The molecule has 0 spiro atoms. The minimum Gasteiger partial charge on any atom is -0.337 e. The van der Waals surface area contributed by atoms with Gasteiger partial charge >= 0.3 is 0 Å². The summed E-state index contributed by atoms with van der Waals surface area (Å²) in [7, 11) is 2.00. The van der Waals surface area contributed by atoms with E-state index in [0.717, 1.165) is 31.5 Å². The number of hydrogen-bond donors (Lipinski definition) is 0. The number of carbonyl (C=O) groups is 1. The second-order valence-electron chi connectivity index (χ2n) is 8.39. The van der Waals surface area contributed by atoms with Gasteiger partial charge in [-0.25, -0.2) is 4.98 Å². The van der Waals surface area contributed by atoms with Crippen LogP contribution in [-0.4, -0.2) is 20.4 Å². The predicted octanol–water partition coefficient (Wildman–Crippen LogP) is 4.63. The van der Waals surface area contributed by atoms with Crippen molar-refractivity contribution < 1.29 is 4.79 Å². The molecule has 2 aromatic carbocycles. The molecule has 0 N–H and O–H groups in total. The summed E-state index contributed by atoms with van der Waals surface area (Å²) in [6.45, 7) is 0.569. The highest BCUT2D eigenvalue weighted by molar-refractivity contribution is 5.83. The summed E-state index contributed by atoms with van der Waals surface area (Å²) in [5, 5.41) is 0. The molecule has 5 rings (SSSR count). The van der Waals surface area contributed by atoms with Crippen LogP contribution < -0.4 is 0 Å². The molecule has 0 unspecified atom stereocenters. The molecule has 1 fully saturated rings. The van der Waals surface area contributed by atoms with Crippen LogP contribution in [0.4, 0.5) is 0 Å². The molecule has 2 aliphatic carbocycles. The number of aromatic nitrogens is 2. The molecule has 148 valence electrons. The van der Waals surface area contributed by atoms with Crippen LogP contribution in [0.3, 0.4) is 0 Å². The van der Waals surface area contributed by atoms with Crippen LogP contribution in [0.15, 0.2) is 67.0 Å². The number of rotatable bonds is 5. The Morgan fingerprint density at radius 2 is 1.93 bits per heavy atom. The van der Waals surface area contributed by atoms with E-state index in [-0.39, 0.29) is 17.9 Å². The van der Waals surface area contributed by atoms with Crippen molar-refractivity contribution in [3.05, 3.63) is 89.5 Å². The number of hydrogen-bond acceptors (Lipinski definition) is 2. The molecular formula is C25H27N3O. The van der Waals surface area contributed by atoms with Gasteiger partial charge in [-0.2, -0.15) is 0 Å². The maximum atomic E-state index is 13.7. The molecule has 1 saturated carbocycles. The van der Waals surface area contributed by atoms with Gasteiger partial charge in [-0.3, -0.25) is 4.79 Å². The summed E-state index contributed by atoms with van der Waals surface area (Å²) in [6.07, 6.45) is 7.98. The summed E-state index contributed by atoms with van der Waals surface area (Å²) in [5.41, 5.74) is 3.99. The van der Waals surface area contributed by atoms with Crippen molar-refractivity contribution in [2.75, 3.05) is 0 Å². The molecule has 3 aromatic rings. The van der Waals surface area contributed by atoms with Crippen LogP contribution >= 0.6 is 0 Å². The number of nitrogens with zero attached hydrogens (tertiary/aromatic N) is 3. The van der Waals surface area contributed by atoms with Gasteiger partial charge in [0.15, 0.2) is 0 Å². The van der Waals surface area contributed by atoms with E-state index < -0.39 is 0 Å². The van der Waals surface area contributed by atoms with E-state index in [1.807, 2.05) is 30.1 Å². The zero-order valence-electron chi connectivity index (χ0n) is 16.9. The molecular weight excluding hydrogens is 358 g/mol. The summed E-state index contributed by atoms with van der Waals surface area (Å²) in [5.74, 6) is 1.67. The van der Waals surface area contributed by atoms with Gasteiger partial charge in [0.1, 0.15) is 5.82 Å². The first-order valence-corrected chi connectivity index (χ1v) is 10.6. The Bertz CT molecular complexity index is 1010. The number of fused-ring (bicyclic) bond motifs is 1. The maximum absolute atomic E-state index is 13.7. The Morgan fingerprint density at radius 1 is 1.14 bits per heavy atom. The van der Waals surface area contributed by atoms with E-state index in [4.69, 9.17) is 0 Å². The number of aryl methyl sites for hydroxylation is 2. The van der Waals surface area contributed by atoms with E-state index in [0.29, 0.717) is 12.5 Å². The van der Waals surface area contributed by atoms with Crippen molar-refractivity contribution in [2.45, 2.75) is 44.2 Å².